The molecule has 0 saturated carbocycles. The Morgan fingerprint density at radius 1 is 0.839 bits per heavy atom. The van der Waals surface area contributed by atoms with Crippen LogP contribution < -0.4 is 0 Å². The van der Waals surface area contributed by atoms with E-state index in [1.807, 2.05) is 0 Å². The van der Waals surface area contributed by atoms with Crippen molar-refractivity contribution in [1.29, 1.82) is 0 Å². The second-order valence-corrected chi connectivity index (χ2v) is 6.74. The first-order chi connectivity index (χ1) is 14.5. The number of nitrogens with zero attached hydrogens (tertiary/aromatic N) is 1. The SMILES string of the molecule is O=C(C[C@@H](c1ccc(C(F)(F)F)cc1)c1ncccc1C(F)(F)F)c1ccc(F)cc1. The van der Waals surface area contributed by atoms with E-state index in [-0.39, 0.29) is 11.1 Å². The van der Waals surface area contributed by atoms with E-state index in [2.05, 4.69) is 4.98 Å². The lowest BCUT2D eigenvalue weighted by atomic mass is 9.86. The van der Waals surface area contributed by atoms with Crippen LogP contribution in [0.5, 0.6) is 0 Å². The molecule has 0 bridgehead atoms. The van der Waals surface area contributed by atoms with Gasteiger partial charge in [0.15, 0.2) is 5.78 Å². The van der Waals surface area contributed by atoms with E-state index in [1.54, 1.807) is 0 Å². The number of hydrogen-bond acceptors (Lipinski definition) is 2. The van der Waals surface area contributed by atoms with E-state index in [0.29, 0.717) is 0 Å². The predicted octanol–water partition coefficient (Wildman–Crippen LogP) is 6.66. The number of pyridine rings is 1. The van der Waals surface area contributed by atoms with Crippen LogP contribution in [-0.2, 0) is 12.4 Å². The van der Waals surface area contributed by atoms with Crippen LogP contribution in [0.15, 0.2) is 66.9 Å². The number of aromatic nitrogens is 1. The molecule has 0 aliphatic carbocycles. The van der Waals surface area contributed by atoms with Crippen molar-refractivity contribution in [2.24, 2.45) is 0 Å². The third kappa shape index (κ3) is 5.28. The summed E-state index contributed by atoms with van der Waals surface area (Å²) in [5.74, 6) is -2.47. The molecule has 0 N–H and O–H groups in total. The Hall–Kier alpha value is -3.23. The first kappa shape index (κ1) is 22.5. The molecule has 2 aromatic carbocycles. The maximum absolute atomic E-state index is 13.5. The lowest BCUT2D eigenvalue weighted by Gasteiger charge is -2.21. The Labute approximate surface area is 172 Å². The quantitative estimate of drug-likeness (QED) is 0.327. The minimum atomic E-state index is -4.79. The molecule has 1 heterocycles. The number of hydrogen-bond donors (Lipinski definition) is 0. The van der Waals surface area contributed by atoms with E-state index in [1.165, 1.54) is 12.1 Å². The Bertz CT molecular complexity index is 1050. The van der Waals surface area contributed by atoms with Crippen molar-refractivity contribution in [3.05, 3.63) is 101 Å². The number of carbonyl (C=O) groups excluding carboxylic acids is 1. The van der Waals surface area contributed by atoms with Gasteiger partial charge in [-0.25, -0.2) is 4.39 Å². The molecule has 9 heteroatoms. The molecular formula is C22H14F7NO. The van der Waals surface area contributed by atoms with Crippen LogP contribution >= 0.6 is 0 Å². The van der Waals surface area contributed by atoms with Crippen molar-refractivity contribution in [2.75, 3.05) is 0 Å². The highest BCUT2D eigenvalue weighted by Gasteiger charge is 2.37. The molecule has 31 heavy (non-hydrogen) atoms. The molecule has 0 radical (unpaired) electrons. The van der Waals surface area contributed by atoms with Gasteiger partial charge < -0.3 is 0 Å². The molecule has 0 fully saturated rings. The van der Waals surface area contributed by atoms with Gasteiger partial charge in [-0.1, -0.05) is 12.1 Å². The molecule has 3 rings (SSSR count). The Morgan fingerprint density at radius 2 is 1.45 bits per heavy atom. The van der Waals surface area contributed by atoms with Gasteiger partial charge in [-0.15, -0.1) is 0 Å². The zero-order chi connectivity index (χ0) is 22.8. The summed E-state index contributed by atoms with van der Waals surface area (Å²) in [4.78, 5) is 16.5. The molecule has 0 unspecified atom stereocenters. The molecule has 0 spiro atoms. The van der Waals surface area contributed by atoms with Crippen LogP contribution in [0.1, 0.15) is 45.1 Å². The Kier molecular flexibility index (Phi) is 6.15. The van der Waals surface area contributed by atoms with E-state index in [4.69, 9.17) is 0 Å². The van der Waals surface area contributed by atoms with Crippen molar-refractivity contribution in [2.45, 2.75) is 24.7 Å². The largest absolute Gasteiger partial charge is 0.418 e. The van der Waals surface area contributed by atoms with Gasteiger partial charge in [0.25, 0.3) is 0 Å². The van der Waals surface area contributed by atoms with Crippen molar-refractivity contribution in [3.63, 3.8) is 0 Å². The van der Waals surface area contributed by atoms with Crippen molar-refractivity contribution < 1.29 is 35.5 Å². The number of ketones is 1. The number of Topliss-reactive ketones (excluding diaryl/α,β-unsaturated/α-hetero) is 1. The minimum Gasteiger partial charge on any atom is -0.294 e. The summed E-state index contributed by atoms with van der Waals surface area (Å²) in [5, 5.41) is 0. The summed E-state index contributed by atoms with van der Waals surface area (Å²) in [7, 11) is 0. The summed E-state index contributed by atoms with van der Waals surface area (Å²) in [6.45, 7) is 0. The van der Waals surface area contributed by atoms with E-state index < -0.39 is 53.1 Å². The molecule has 0 amide bonds. The number of benzene rings is 2. The van der Waals surface area contributed by atoms with Crippen molar-refractivity contribution >= 4 is 5.78 Å². The zero-order valence-corrected chi connectivity index (χ0v) is 15.6. The van der Waals surface area contributed by atoms with Crippen LogP contribution in [0.25, 0.3) is 0 Å². The van der Waals surface area contributed by atoms with Gasteiger partial charge in [-0.05, 0) is 54.1 Å². The van der Waals surface area contributed by atoms with Gasteiger partial charge in [0.05, 0.1) is 16.8 Å². The normalized spacial score (nSPS) is 13.1. The highest BCUT2D eigenvalue weighted by molar-refractivity contribution is 5.96. The fourth-order valence-corrected chi connectivity index (χ4v) is 3.15. The molecule has 0 aliphatic heterocycles. The standard InChI is InChI=1S/C22H14F7NO/c23-16-9-5-14(6-10-16)19(31)12-17(13-3-7-15(8-4-13)21(24,25)26)20-18(22(27,28)29)2-1-11-30-20/h1-11,17H,12H2/t17-/m0/s1. The fraction of sp³-hybridized carbons (Fsp3) is 0.182. The van der Waals surface area contributed by atoms with Crippen LogP contribution in [0, 0.1) is 5.82 Å². The lowest BCUT2D eigenvalue weighted by molar-refractivity contribution is -0.139. The lowest BCUT2D eigenvalue weighted by Crippen LogP contribution is -2.17. The van der Waals surface area contributed by atoms with Gasteiger partial charge in [0, 0.05) is 24.1 Å². The van der Waals surface area contributed by atoms with Crippen LogP contribution in [0.4, 0.5) is 30.7 Å². The van der Waals surface area contributed by atoms with Gasteiger partial charge in [-0.2, -0.15) is 26.3 Å². The van der Waals surface area contributed by atoms with Gasteiger partial charge in [-0.3, -0.25) is 9.78 Å². The first-order valence-corrected chi connectivity index (χ1v) is 8.95. The Morgan fingerprint density at radius 3 is 2.00 bits per heavy atom. The molecule has 0 aliphatic rings. The molecule has 3 aromatic rings. The van der Waals surface area contributed by atoms with Crippen LogP contribution in [0.2, 0.25) is 0 Å². The average Bonchev–Trinajstić information content (AvgIpc) is 2.71. The average molecular weight is 441 g/mol. The molecule has 1 aromatic heterocycles. The second kappa shape index (κ2) is 8.49. The monoisotopic (exact) mass is 441 g/mol. The number of carbonyl (C=O) groups is 1. The fourth-order valence-electron chi connectivity index (χ4n) is 3.15. The summed E-state index contributed by atoms with van der Waals surface area (Å²) in [6.07, 6.45) is -8.80. The van der Waals surface area contributed by atoms with Crippen LogP contribution in [0.3, 0.4) is 0 Å². The highest BCUT2D eigenvalue weighted by atomic mass is 19.4. The summed E-state index contributed by atoms with van der Waals surface area (Å²) >= 11 is 0. The minimum absolute atomic E-state index is 0.0581. The van der Waals surface area contributed by atoms with E-state index in [0.717, 1.165) is 54.7 Å². The number of halogens is 7. The summed E-state index contributed by atoms with van der Waals surface area (Å²) in [6, 6.07) is 9.84. The number of alkyl halides is 6. The Balaban J connectivity index is 2.07. The van der Waals surface area contributed by atoms with Crippen LogP contribution in [-0.4, -0.2) is 10.8 Å². The molecular weight excluding hydrogens is 427 g/mol. The zero-order valence-electron chi connectivity index (χ0n) is 15.6. The third-order valence-corrected chi connectivity index (χ3v) is 4.67. The van der Waals surface area contributed by atoms with E-state index >= 15 is 0 Å². The second-order valence-electron chi connectivity index (χ2n) is 6.74. The molecule has 2 nitrogen and oxygen atoms in total. The summed E-state index contributed by atoms with van der Waals surface area (Å²) in [5.41, 5.74) is -2.43. The maximum Gasteiger partial charge on any atom is 0.418 e. The topological polar surface area (TPSA) is 30.0 Å². The first-order valence-electron chi connectivity index (χ1n) is 8.95. The van der Waals surface area contributed by atoms with Gasteiger partial charge in [0.2, 0.25) is 0 Å². The highest BCUT2D eigenvalue weighted by Crippen LogP contribution is 2.39. The summed E-state index contributed by atoms with van der Waals surface area (Å²) < 4.78 is 92.4. The van der Waals surface area contributed by atoms with Crippen molar-refractivity contribution in [1.82, 2.24) is 4.98 Å². The van der Waals surface area contributed by atoms with Gasteiger partial charge in [0.1, 0.15) is 5.82 Å². The maximum atomic E-state index is 13.5. The molecule has 1 atom stereocenters. The predicted molar refractivity (Wildman–Crippen MR) is 97.9 cm³/mol. The third-order valence-electron chi connectivity index (χ3n) is 4.67. The van der Waals surface area contributed by atoms with Gasteiger partial charge >= 0.3 is 12.4 Å². The number of rotatable bonds is 5. The van der Waals surface area contributed by atoms with Crippen molar-refractivity contribution in [3.8, 4) is 0 Å². The molecule has 0 saturated heterocycles. The smallest absolute Gasteiger partial charge is 0.294 e. The van der Waals surface area contributed by atoms with E-state index in [9.17, 15) is 35.5 Å². The molecule has 162 valence electrons.